The van der Waals surface area contributed by atoms with E-state index in [1.54, 1.807) is 6.26 Å². The summed E-state index contributed by atoms with van der Waals surface area (Å²) in [6, 6.07) is 4.78. The van der Waals surface area contributed by atoms with E-state index in [2.05, 4.69) is 52.3 Å². The Labute approximate surface area is 175 Å². The van der Waals surface area contributed by atoms with Crippen LogP contribution in [0.2, 0.25) is 0 Å². The van der Waals surface area contributed by atoms with Gasteiger partial charge in [0.15, 0.2) is 5.96 Å². The SMILES string of the molecule is CCN(CC)C(C)CNC(=NC)NCC(c1ccco1)N1CCCC1.I. The number of likely N-dealkylation sites (N-methyl/N-ethyl adjacent to an activating group) is 1. The van der Waals surface area contributed by atoms with Crippen molar-refractivity contribution in [1.29, 1.82) is 0 Å². The first-order valence-corrected chi connectivity index (χ1v) is 9.65. The summed E-state index contributed by atoms with van der Waals surface area (Å²) in [5.74, 6) is 1.89. The predicted octanol–water partition coefficient (Wildman–Crippen LogP) is 2.93. The van der Waals surface area contributed by atoms with Gasteiger partial charge in [0, 0.05) is 26.2 Å². The fraction of sp³-hybridized carbons (Fsp3) is 0.737. The van der Waals surface area contributed by atoms with E-state index in [1.807, 2.05) is 13.1 Å². The van der Waals surface area contributed by atoms with Crippen LogP contribution in [-0.4, -0.2) is 68.1 Å². The zero-order valence-electron chi connectivity index (χ0n) is 16.7. The molecule has 0 radical (unpaired) electrons. The molecule has 1 aromatic heterocycles. The van der Waals surface area contributed by atoms with E-state index in [4.69, 9.17) is 4.42 Å². The van der Waals surface area contributed by atoms with Gasteiger partial charge in [0.25, 0.3) is 0 Å². The highest BCUT2D eigenvalue weighted by molar-refractivity contribution is 14.0. The van der Waals surface area contributed by atoms with E-state index < -0.39 is 0 Å². The van der Waals surface area contributed by atoms with Crippen LogP contribution in [0.3, 0.4) is 0 Å². The molecule has 2 atom stereocenters. The fourth-order valence-corrected chi connectivity index (χ4v) is 3.58. The van der Waals surface area contributed by atoms with Gasteiger partial charge in [0.05, 0.1) is 12.3 Å². The molecule has 2 heterocycles. The van der Waals surface area contributed by atoms with E-state index in [1.165, 1.54) is 12.8 Å². The smallest absolute Gasteiger partial charge is 0.191 e. The number of guanidine groups is 1. The number of halogens is 1. The minimum Gasteiger partial charge on any atom is -0.468 e. The first kappa shape index (κ1) is 23.2. The number of likely N-dealkylation sites (tertiary alicyclic amines) is 1. The first-order chi connectivity index (χ1) is 12.2. The van der Waals surface area contributed by atoms with Gasteiger partial charge in [-0.1, -0.05) is 13.8 Å². The van der Waals surface area contributed by atoms with E-state index in [-0.39, 0.29) is 30.0 Å². The monoisotopic (exact) mass is 477 g/mol. The van der Waals surface area contributed by atoms with Gasteiger partial charge in [0.1, 0.15) is 5.76 Å². The molecule has 6 nitrogen and oxygen atoms in total. The molecule has 1 fully saturated rings. The largest absolute Gasteiger partial charge is 0.468 e. The van der Waals surface area contributed by atoms with Crippen LogP contribution >= 0.6 is 24.0 Å². The second kappa shape index (κ2) is 12.6. The lowest BCUT2D eigenvalue weighted by Crippen LogP contribution is -2.47. The molecule has 1 aliphatic rings. The van der Waals surface area contributed by atoms with Crippen molar-refractivity contribution in [2.24, 2.45) is 4.99 Å². The number of furan rings is 1. The normalized spacial score (nSPS) is 17.8. The number of nitrogens with one attached hydrogen (secondary N) is 2. The van der Waals surface area contributed by atoms with Crippen LogP contribution in [0.5, 0.6) is 0 Å². The number of aliphatic imine (C=N–C) groups is 1. The predicted molar refractivity (Wildman–Crippen MR) is 119 cm³/mol. The quantitative estimate of drug-likeness (QED) is 0.326. The molecule has 2 unspecified atom stereocenters. The summed E-state index contributed by atoms with van der Waals surface area (Å²) in [7, 11) is 1.83. The molecule has 26 heavy (non-hydrogen) atoms. The van der Waals surface area contributed by atoms with Gasteiger partial charge in [-0.15, -0.1) is 24.0 Å². The van der Waals surface area contributed by atoms with Crippen LogP contribution in [0, 0.1) is 0 Å². The zero-order valence-corrected chi connectivity index (χ0v) is 19.0. The summed E-state index contributed by atoms with van der Waals surface area (Å²) >= 11 is 0. The third-order valence-corrected chi connectivity index (χ3v) is 5.14. The van der Waals surface area contributed by atoms with Crippen molar-refractivity contribution in [3.05, 3.63) is 24.2 Å². The Bertz CT molecular complexity index is 498. The van der Waals surface area contributed by atoms with Crippen molar-refractivity contribution in [1.82, 2.24) is 20.4 Å². The van der Waals surface area contributed by atoms with E-state index in [9.17, 15) is 0 Å². The van der Waals surface area contributed by atoms with Crippen molar-refractivity contribution >= 4 is 29.9 Å². The molecule has 1 aromatic rings. The second-order valence-electron chi connectivity index (χ2n) is 6.68. The van der Waals surface area contributed by atoms with Crippen molar-refractivity contribution in [3.63, 3.8) is 0 Å². The van der Waals surface area contributed by atoms with Crippen molar-refractivity contribution in [3.8, 4) is 0 Å². The Balaban J connectivity index is 0.00000338. The minimum atomic E-state index is 0. The molecule has 0 spiro atoms. The highest BCUT2D eigenvalue weighted by atomic mass is 127. The number of hydrogen-bond donors (Lipinski definition) is 2. The van der Waals surface area contributed by atoms with Crippen LogP contribution in [0.15, 0.2) is 27.8 Å². The van der Waals surface area contributed by atoms with Gasteiger partial charge < -0.3 is 15.1 Å². The molecule has 150 valence electrons. The Morgan fingerprint density at radius 3 is 2.42 bits per heavy atom. The summed E-state index contributed by atoms with van der Waals surface area (Å²) in [5.41, 5.74) is 0. The summed E-state index contributed by atoms with van der Waals surface area (Å²) in [6.45, 7) is 12.8. The summed E-state index contributed by atoms with van der Waals surface area (Å²) < 4.78 is 5.68. The van der Waals surface area contributed by atoms with Gasteiger partial charge in [-0.3, -0.25) is 14.8 Å². The Morgan fingerprint density at radius 1 is 1.23 bits per heavy atom. The molecule has 0 amide bonds. The maximum atomic E-state index is 5.68. The second-order valence-corrected chi connectivity index (χ2v) is 6.68. The van der Waals surface area contributed by atoms with Crippen LogP contribution < -0.4 is 10.6 Å². The lowest BCUT2D eigenvalue weighted by atomic mass is 10.2. The topological polar surface area (TPSA) is 56.0 Å². The number of hydrogen-bond acceptors (Lipinski definition) is 4. The summed E-state index contributed by atoms with van der Waals surface area (Å²) in [4.78, 5) is 9.32. The Morgan fingerprint density at radius 2 is 1.88 bits per heavy atom. The van der Waals surface area contributed by atoms with Crippen LogP contribution in [0.25, 0.3) is 0 Å². The lowest BCUT2D eigenvalue weighted by Gasteiger charge is -2.29. The highest BCUT2D eigenvalue weighted by Gasteiger charge is 2.25. The maximum absolute atomic E-state index is 5.68. The molecule has 7 heteroatoms. The Hall–Kier alpha value is -0.800. The number of nitrogens with zero attached hydrogens (tertiary/aromatic N) is 3. The molecule has 1 aliphatic heterocycles. The standard InChI is InChI=1S/C19H35N5O.HI/c1-5-23(6-2)16(3)14-21-19(20-4)22-15-17(18-10-9-13-25-18)24-11-7-8-12-24;/h9-10,13,16-17H,5-8,11-12,14-15H2,1-4H3,(H2,20,21,22);1H. The third-order valence-electron chi connectivity index (χ3n) is 5.14. The van der Waals surface area contributed by atoms with Gasteiger partial charge in [-0.25, -0.2) is 0 Å². The molecule has 0 saturated carbocycles. The van der Waals surface area contributed by atoms with Crippen LogP contribution in [-0.2, 0) is 0 Å². The first-order valence-electron chi connectivity index (χ1n) is 9.65. The molecule has 0 aliphatic carbocycles. The molecule has 2 N–H and O–H groups in total. The van der Waals surface area contributed by atoms with Gasteiger partial charge >= 0.3 is 0 Å². The average Bonchev–Trinajstić information content (AvgIpc) is 3.33. The van der Waals surface area contributed by atoms with Crippen molar-refractivity contribution < 1.29 is 4.42 Å². The van der Waals surface area contributed by atoms with Crippen LogP contribution in [0.1, 0.15) is 45.4 Å². The van der Waals surface area contributed by atoms with E-state index >= 15 is 0 Å². The molecule has 1 saturated heterocycles. The maximum Gasteiger partial charge on any atom is 0.191 e. The lowest BCUT2D eigenvalue weighted by molar-refractivity contribution is 0.214. The van der Waals surface area contributed by atoms with Gasteiger partial charge in [0.2, 0.25) is 0 Å². The summed E-state index contributed by atoms with van der Waals surface area (Å²) in [6.07, 6.45) is 4.30. The highest BCUT2D eigenvalue weighted by Crippen LogP contribution is 2.24. The fourth-order valence-electron chi connectivity index (χ4n) is 3.58. The molecular weight excluding hydrogens is 441 g/mol. The molecule has 0 bridgehead atoms. The van der Waals surface area contributed by atoms with Gasteiger partial charge in [-0.2, -0.15) is 0 Å². The number of rotatable bonds is 9. The van der Waals surface area contributed by atoms with Gasteiger partial charge in [-0.05, 0) is 58.1 Å². The molecule has 2 rings (SSSR count). The average molecular weight is 477 g/mol. The molecular formula is C19H36IN5O. The third kappa shape index (κ3) is 6.74. The minimum absolute atomic E-state index is 0. The molecule has 0 aromatic carbocycles. The van der Waals surface area contributed by atoms with Crippen LogP contribution in [0.4, 0.5) is 0 Å². The Kier molecular flexibility index (Phi) is 11.2. The van der Waals surface area contributed by atoms with E-state index in [0.717, 1.165) is 51.0 Å². The zero-order chi connectivity index (χ0) is 18.1. The van der Waals surface area contributed by atoms with Crippen molar-refractivity contribution in [2.75, 3.05) is 46.3 Å². The van der Waals surface area contributed by atoms with Crippen molar-refractivity contribution in [2.45, 2.75) is 45.7 Å². The van der Waals surface area contributed by atoms with E-state index in [0.29, 0.717) is 6.04 Å². The summed E-state index contributed by atoms with van der Waals surface area (Å²) in [5, 5.41) is 6.94.